The van der Waals surface area contributed by atoms with Crippen LogP contribution in [0.3, 0.4) is 0 Å². The topological polar surface area (TPSA) is 58.6 Å². The van der Waals surface area contributed by atoms with Gasteiger partial charge in [0.1, 0.15) is 5.75 Å². The van der Waals surface area contributed by atoms with Crippen LogP contribution in [0.15, 0.2) is 18.2 Å². The maximum absolute atomic E-state index is 11.8. The highest BCUT2D eigenvalue weighted by atomic mass is 16.5. The molecule has 1 unspecified atom stereocenters. The molecule has 21 heavy (non-hydrogen) atoms. The highest BCUT2D eigenvalue weighted by Crippen LogP contribution is 2.16. The second kappa shape index (κ2) is 6.61. The molecule has 0 saturated carbocycles. The van der Waals surface area contributed by atoms with Crippen molar-refractivity contribution in [3.05, 3.63) is 29.3 Å². The van der Waals surface area contributed by atoms with Crippen molar-refractivity contribution < 1.29 is 14.3 Å². The number of rotatable bonds is 5. The van der Waals surface area contributed by atoms with E-state index in [1.807, 2.05) is 26.0 Å². The van der Waals surface area contributed by atoms with Crippen LogP contribution in [-0.2, 0) is 9.59 Å². The fourth-order valence-electron chi connectivity index (χ4n) is 2.54. The molecular weight excluding hydrogens is 268 g/mol. The van der Waals surface area contributed by atoms with E-state index in [1.54, 1.807) is 11.9 Å². The number of hydrogen-bond acceptors (Lipinski definition) is 3. The van der Waals surface area contributed by atoms with Crippen LogP contribution in [0.2, 0.25) is 0 Å². The van der Waals surface area contributed by atoms with Crippen LogP contribution in [0.4, 0.5) is 0 Å². The Morgan fingerprint density at radius 2 is 2.00 bits per heavy atom. The van der Waals surface area contributed by atoms with E-state index >= 15 is 0 Å². The maximum atomic E-state index is 11.8. The Balaban J connectivity index is 1.73. The summed E-state index contributed by atoms with van der Waals surface area (Å²) in [6.07, 6.45) is 0.682. The smallest absolute Gasteiger partial charge is 0.224 e. The van der Waals surface area contributed by atoms with Crippen molar-refractivity contribution >= 4 is 11.8 Å². The Morgan fingerprint density at radius 1 is 1.33 bits per heavy atom. The zero-order valence-electron chi connectivity index (χ0n) is 12.8. The van der Waals surface area contributed by atoms with Crippen molar-refractivity contribution in [1.29, 1.82) is 0 Å². The van der Waals surface area contributed by atoms with Crippen LogP contribution in [0.25, 0.3) is 0 Å². The summed E-state index contributed by atoms with van der Waals surface area (Å²) in [7, 11) is 1.75. The first-order valence-electron chi connectivity index (χ1n) is 7.18. The lowest BCUT2D eigenvalue weighted by molar-refractivity contribution is -0.126. The molecule has 1 aliphatic heterocycles. The molecule has 2 amide bonds. The van der Waals surface area contributed by atoms with E-state index in [0.29, 0.717) is 26.0 Å². The normalized spacial score (nSPS) is 18.0. The molecule has 1 N–H and O–H groups in total. The quantitative estimate of drug-likeness (QED) is 0.892. The summed E-state index contributed by atoms with van der Waals surface area (Å²) >= 11 is 0. The molecule has 1 fully saturated rings. The second-order valence-corrected chi connectivity index (χ2v) is 5.66. The zero-order valence-corrected chi connectivity index (χ0v) is 12.8. The molecule has 1 aliphatic rings. The van der Waals surface area contributed by atoms with Crippen molar-refractivity contribution in [1.82, 2.24) is 10.2 Å². The van der Waals surface area contributed by atoms with Gasteiger partial charge in [-0.3, -0.25) is 9.59 Å². The molecule has 2 rings (SSSR count). The van der Waals surface area contributed by atoms with Gasteiger partial charge in [-0.25, -0.2) is 0 Å². The lowest BCUT2D eigenvalue weighted by atomic mass is 10.1. The molecule has 0 aromatic heterocycles. The Labute approximate surface area is 125 Å². The number of hydrogen-bond donors (Lipinski definition) is 1. The Kier molecular flexibility index (Phi) is 4.83. The predicted molar refractivity (Wildman–Crippen MR) is 80.2 cm³/mol. The van der Waals surface area contributed by atoms with Gasteiger partial charge in [-0.1, -0.05) is 6.07 Å². The van der Waals surface area contributed by atoms with Crippen LogP contribution < -0.4 is 10.1 Å². The van der Waals surface area contributed by atoms with E-state index < -0.39 is 0 Å². The monoisotopic (exact) mass is 290 g/mol. The third kappa shape index (κ3) is 4.48. The van der Waals surface area contributed by atoms with Crippen molar-refractivity contribution in [3.8, 4) is 5.75 Å². The van der Waals surface area contributed by atoms with Gasteiger partial charge in [0, 0.05) is 20.0 Å². The van der Waals surface area contributed by atoms with E-state index in [-0.39, 0.29) is 17.9 Å². The van der Waals surface area contributed by atoms with Gasteiger partial charge in [-0.15, -0.1) is 0 Å². The van der Waals surface area contributed by atoms with E-state index in [9.17, 15) is 9.59 Å². The average Bonchev–Trinajstić information content (AvgIpc) is 2.66. The number of ether oxygens (including phenoxy) is 1. The Hall–Kier alpha value is -2.04. The highest BCUT2D eigenvalue weighted by molar-refractivity contribution is 5.82. The molecule has 0 radical (unpaired) electrons. The molecule has 1 saturated heterocycles. The number of nitrogens with one attached hydrogen (secondary N) is 1. The van der Waals surface area contributed by atoms with Crippen LogP contribution in [-0.4, -0.2) is 43.0 Å². The SMILES string of the molecule is Cc1cc(C)cc(OCCC(=O)NC2CC(=O)N(C)C2)c1. The summed E-state index contributed by atoms with van der Waals surface area (Å²) in [6.45, 7) is 4.95. The molecule has 0 spiro atoms. The number of likely N-dealkylation sites (N-methyl/N-ethyl adjacent to an activating group) is 1. The number of nitrogens with zero attached hydrogens (tertiary/aromatic N) is 1. The first kappa shape index (κ1) is 15.4. The lowest BCUT2D eigenvalue weighted by Gasteiger charge is -2.13. The zero-order chi connectivity index (χ0) is 15.4. The fraction of sp³-hybridized carbons (Fsp3) is 0.500. The molecule has 1 atom stereocenters. The number of likely N-dealkylation sites (tertiary alicyclic amines) is 1. The molecular formula is C16H22N2O3. The van der Waals surface area contributed by atoms with Gasteiger partial charge in [0.15, 0.2) is 0 Å². The third-order valence-corrected chi connectivity index (χ3v) is 3.50. The first-order chi connectivity index (χ1) is 9.94. The lowest BCUT2D eigenvalue weighted by Crippen LogP contribution is -2.37. The Bertz CT molecular complexity index is 522. The standard InChI is InChI=1S/C16H22N2O3/c1-11-6-12(2)8-14(7-11)21-5-4-15(19)17-13-9-16(20)18(3)10-13/h6-8,13H,4-5,9-10H2,1-3H3,(H,17,19). The van der Waals surface area contributed by atoms with Crippen LogP contribution in [0.5, 0.6) is 5.75 Å². The minimum atomic E-state index is -0.0764. The minimum Gasteiger partial charge on any atom is -0.493 e. The van der Waals surface area contributed by atoms with Crippen molar-refractivity contribution in [2.45, 2.75) is 32.7 Å². The van der Waals surface area contributed by atoms with Gasteiger partial charge in [-0.2, -0.15) is 0 Å². The molecule has 0 aliphatic carbocycles. The van der Waals surface area contributed by atoms with Gasteiger partial charge in [0.05, 0.1) is 19.1 Å². The maximum Gasteiger partial charge on any atom is 0.224 e. The van der Waals surface area contributed by atoms with Crippen LogP contribution in [0, 0.1) is 13.8 Å². The van der Waals surface area contributed by atoms with Gasteiger partial charge in [0.2, 0.25) is 11.8 Å². The highest BCUT2D eigenvalue weighted by Gasteiger charge is 2.27. The number of amides is 2. The van der Waals surface area contributed by atoms with Crippen molar-refractivity contribution in [2.75, 3.05) is 20.2 Å². The van der Waals surface area contributed by atoms with Gasteiger partial charge in [-0.05, 0) is 37.1 Å². The summed E-state index contributed by atoms with van der Waals surface area (Å²) in [5, 5.41) is 2.87. The largest absolute Gasteiger partial charge is 0.493 e. The van der Waals surface area contributed by atoms with Gasteiger partial charge < -0.3 is 15.0 Å². The summed E-state index contributed by atoms with van der Waals surface area (Å²) in [6, 6.07) is 5.91. The summed E-state index contributed by atoms with van der Waals surface area (Å²) < 4.78 is 5.61. The average molecular weight is 290 g/mol. The molecule has 114 valence electrons. The van der Waals surface area contributed by atoms with E-state index in [0.717, 1.165) is 16.9 Å². The Morgan fingerprint density at radius 3 is 2.57 bits per heavy atom. The van der Waals surface area contributed by atoms with E-state index in [2.05, 4.69) is 11.4 Å². The summed E-state index contributed by atoms with van der Waals surface area (Å²) in [4.78, 5) is 24.8. The summed E-state index contributed by atoms with van der Waals surface area (Å²) in [5.74, 6) is 0.787. The van der Waals surface area contributed by atoms with E-state index in [1.165, 1.54) is 0 Å². The second-order valence-electron chi connectivity index (χ2n) is 5.66. The molecule has 0 bridgehead atoms. The van der Waals surface area contributed by atoms with Crippen molar-refractivity contribution in [3.63, 3.8) is 0 Å². The van der Waals surface area contributed by atoms with Gasteiger partial charge >= 0.3 is 0 Å². The summed E-state index contributed by atoms with van der Waals surface area (Å²) in [5.41, 5.74) is 2.28. The molecule has 1 heterocycles. The van der Waals surface area contributed by atoms with Crippen LogP contribution >= 0.6 is 0 Å². The van der Waals surface area contributed by atoms with Gasteiger partial charge in [0.25, 0.3) is 0 Å². The number of benzene rings is 1. The number of carbonyl (C=O) groups excluding carboxylic acids is 2. The van der Waals surface area contributed by atoms with Crippen LogP contribution in [0.1, 0.15) is 24.0 Å². The number of aryl methyl sites for hydroxylation is 2. The molecule has 5 nitrogen and oxygen atoms in total. The molecule has 1 aromatic rings. The third-order valence-electron chi connectivity index (χ3n) is 3.50. The predicted octanol–water partition coefficient (Wildman–Crippen LogP) is 1.42. The minimum absolute atomic E-state index is 0.0729. The molecule has 1 aromatic carbocycles. The van der Waals surface area contributed by atoms with Crippen molar-refractivity contribution in [2.24, 2.45) is 0 Å². The molecule has 5 heteroatoms. The number of carbonyl (C=O) groups is 2. The fourth-order valence-corrected chi connectivity index (χ4v) is 2.54. The van der Waals surface area contributed by atoms with E-state index in [4.69, 9.17) is 4.74 Å². The first-order valence-corrected chi connectivity index (χ1v) is 7.18.